The summed E-state index contributed by atoms with van der Waals surface area (Å²) in [6.07, 6.45) is 0.343. The second-order valence-corrected chi connectivity index (χ2v) is 4.99. The third kappa shape index (κ3) is 4.52. The zero-order chi connectivity index (χ0) is 15.1. The highest BCUT2D eigenvalue weighted by molar-refractivity contribution is 5.82. The lowest BCUT2D eigenvalue weighted by atomic mass is 9.95. The number of hydrogen-bond acceptors (Lipinski definition) is 4. The van der Waals surface area contributed by atoms with Crippen LogP contribution in [0.4, 0.5) is 0 Å². The number of ether oxygens (including phenoxy) is 2. The summed E-state index contributed by atoms with van der Waals surface area (Å²) in [7, 11) is 0. The van der Waals surface area contributed by atoms with Crippen molar-refractivity contribution in [2.24, 2.45) is 0 Å². The van der Waals surface area contributed by atoms with E-state index in [1.54, 1.807) is 0 Å². The second kappa shape index (κ2) is 8.12. The molecule has 5 heteroatoms. The van der Waals surface area contributed by atoms with Crippen LogP contribution in [0.3, 0.4) is 0 Å². The number of carbonyl (C=O) groups is 1. The molecule has 0 fully saturated rings. The molecule has 116 valence electrons. The minimum Gasteiger partial charge on any atom is -0.351 e. The van der Waals surface area contributed by atoms with Gasteiger partial charge in [-0.25, -0.2) is 0 Å². The first-order valence-corrected chi connectivity index (χ1v) is 7.55. The SMILES string of the molecule is CCOC(CNC(=O)[C@@H]1Cc2ccccc2CN1)OCC. The van der Waals surface area contributed by atoms with Gasteiger partial charge in [-0.15, -0.1) is 0 Å². The molecule has 2 N–H and O–H groups in total. The lowest BCUT2D eigenvalue weighted by molar-refractivity contribution is -0.141. The molecule has 1 aliphatic rings. The van der Waals surface area contributed by atoms with E-state index in [1.807, 2.05) is 26.0 Å². The summed E-state index contributed by atoms with van der Waals surface area (Å²) < 4.78 is 10.8. The van der Waals surface area contributed by atoms with E-state index in [0.717, 1.165) is 13.0 Å². The van der Waals surface area contributed by atoms with Crippen LogP contribution in [0.1, 0.15) is 25.0 Å². The Morgan fingerprint density at radius 3 is 2.62 bits per heavy atom. The van der Waals surface area contributed by atoms with Crippen LogP contribution in [-0.4, -0.2) is 38.0 Å². The van der Waals surface area contributed by atoms with Crippen molar-refractivity contribution in [2.75, 3.05) is 19.8 Å². The third-order valence-electron chi connectivity index (χ3n) is 3.55. The Hall–Kier alpha value is -1.43. The first-order chi connectivity index (χ1) is 10.2. The first kappa shape index (κ1) is 15.9. The van der Waals surface area contributed by atoms with Crippen molar-refractivity contribution in [3.05, 3.63) is 35.4 Å². The van der Waals surface area contributed by atoms with Gasteiger partial charge in [-0.3, -0.25) is 4.79 Å². The fourth-order valence-corrected chi connectivity index (χ4v) is 2.48. The van der Waals surface area contributed by atoms with Crippen LogP contribution in [0.5, 0.6) is 0 Å². The van der Waals surface area contributed by atoms with Crippen molar-refractivity contribution in [1.29, 1.82) is 0 Å². The minimum atomic E-state index is -0.375. The Morgan fingerprint density at radius 2 is 1.95 bits per heavy atom. The average Bonchev–Trinajstić information content (AvgIpc) is 2.52. The molecule has 1 atom stereocenters. The van der Waals surface area contributed by atoms with Gasteiger partial charge in [0, 0.05) is 19.8 Å². The molecule has 5 nitrogen and oxygen atoms in total. The van der Waals surface area contributed by atoms with E-state index in [2.05, 4.69) is 22.8 Å². The topological polar surface area (TPSA) is 59.6 Å². The maximum absolute atomic E-state index is 12.2. The summed E-state index contributed by atoms with van der Waals surface area (Å²) in [4.78, 5) is 12.2. The molecular formula is C16H24N2O3. The van der Waals surface area contributed by atoms with Crippen molar-refractivity contribution in [3.63, 3.8) is 0 Å². The standard InChI is InChI=1S/C16H24N2O3/c1-3-20-15(21-4-2)11-18-16(19)14-9-12-7-5-6-8-13(12)10-17-14/h5-8,14-15,17H,3-4,9-11H2,1-2H3,(H,18,19)/t14-/m0/s1. The average molecular weight is 292 g/mol. The number of hydrogen-bond donors (Lipinski definition) is 2. The quantitative estimate of drug-likeness (QED) is 0.742. The van der Waals surface area contributed by atoms with E-state index in [-0.39, 0.29) is 18.2 Å². The van der Waals surface area contributed by atoms with Gasteiger partial charge in [0.15, 0.2) is 6.29 Å². The van der Waals surface area contributed by atoms with Crippen LogP contribution in [0, 0.1) is 0 Å². The van der Waals surface area contributed by atoms with Crippen LogP contribution in [-0.2, 0) is 27.2 Å². The molecule has 0 unspecified atom stereocenters. The van der Waals surface area contributed by atoms with Gasteiger partial charge in [-0.1, -0.05) is 24.3 Å². The highest BCUT2D eigenvalue weighted by atomic mass is 16.7. The van der Waals surface area contributed by atoms with Gasteiger partial charge in [0.05, 0.1) is 12.6 Å². The lowest BCUT2D eigenvalue weighted by Gasteiger charge is -2.26. The van der Waals surface area contributed by atoms with Gasteiger partial charge in [-0.2, -0.15) is 0 Å². The monoisotopic (exact) mass is 292 g/mol. The Labute approximate surface area is 126 Å². The molecule has 0 spiro atoms. The Kier molecular flexibility index (Phi) is 6.17. The van der Waals surface area contributed by atoms with Crippen LogP contribution in [0.2, 0.25) is 0 Å². The maximum Gasteiger partial charge on any atom is 0.237 e. The van der Waals surface area contributed by atoms with Gasteiger partial charge in [0.25, 0.3) is 0 Å². The van der Waals surface area contributed by atoms with Gasteiger partial charge >= 0.3 is 0 Å². The molecule has 0 radical (unpaired) electrons. The molecule has 21 heavy (non-hydrogen) atoms. The molecular weight excluding hydrogens is 268 g/mol. The van der Waals surface area contributed by atoms with Gasteiger partial charge in [0.2, 0.25) is 5.91 Å². The molecule has 0 aliphatic carbocycles. The Morgan fingerprint density at radius 1 is 1.29 bits per heavy atom. The van der Waals surface area contributed by atoms with Crippen LogP contribution >= 0.6 is 0 Å². The zero-order valence-corrected chi connectivity index (χ0v) is 12.7. The van der Waals surface area contributed by atoms with E-state index in [4.69, 9.17) is 9.47 Å². The smallest absolute Gasteiger partial charge is 0.237 e. The summed E-state index contributed by atoms with van der Waals surface area (Å²) in [5.74, 6) is -0.00564. The van der Waals surface area contributed by atoms with Crippen molar-refractivity contribution < 1.29 is 14.3 Å². The molecule has 0 bridgehead atoms. The normalized spacial score (nSPS) is 17.6. The van der Waals surface area contributed by atoms with Crippen LogP contribution in [0.25, 0.3) is 0 Å². The fraction of sp³-hybridized carbons (Fsp3) is 0.562. The molecule has 1 aromatic rings. The fourth-order valence-electron chi connectivity index (χ4n) is 2.48. The van der Waals surface area contributed by atoms with E-state index in [9.17, 15) is 4.79 Å². The number of nitrogens with one attached hydrogen (secondary N) is 2. The van der Waals surface area contributed by atoms with Crippen molar-refractivity contribution in [2.45, 2.75) is 39.1 Å². The Bertz CT molecular complexity index is 459. The van der Waals surface area contributed by atoms with Crippen molar-refractivity contribution >= 4 is 5.91 Å². The summed E-state index contributed by atoms with van der Waals surface area (Å²) >= 11 is 0. The highest BCUT2D eigenvalue weighted by Gasteiger charge is 2.24. The highest BCUT2D eigenvalue weighted by Crippen LogP contribution is 2.16. The van der Waals surface area contributed by atoms with Gasteiger partial charge in [0.1, 0.15) is 0 Å². The summed E-state index contributed by atoms with van der Waals surface area (Å²) in [6, 6.07) is 8.02. The summed E-state index contributed by atoms with van der Waals surface area (Å²) in [5, 5.41) is 6.17. The van der Waals surface area contributed by atoms with E-state index < -0.39 is 0 Å². The lowest BCUT2D eigenvalue weighted by Crippen LogP contribution is -2.49. The molecule has 0 aromatic heterocycles. The third-order valence-corrected chi connectivity index (χ3v) is 3.55. The van der Waals surface area contributed by atoms with Crippen molar-refractivity contribution in [1.82, 2.24) is 10.6 Å². The number of benzene rings is 1. The molecule has 0 saturated heterocycles. The van der Waals surface area contributed by atoms with Crippen molar-refractivity contribution in [3.8, 4) is 0 Å². The van der Waals surface area contributed by atoms with E-state index in [0.29, 0.717) is 19.8 Å². The molecule has 1 aromatic carbocycles. The van der Waals surface area contributed by atoms with Gasteiger partial charge in [-0.05, 0) is 31.4 Å². The first-order valence-electron chi connectivity index (χ1n) is 7.55. The van der Waals surface area contributed by atoms with Crippen LogP contribution in [0.15, 0.2) is 24.3 Å². The number of fused-ring (bicyclic) bond motifs is 1. The zero-order valence-electron chi connectivity index (χ0n) is 12.7. The van der Waals surface area contributed by atoms with Crippen LogP contribution < -0.4 is 10.6 Å². The molecule has 1 heterocycles. The predicted molar refractivity (Wildman–Crippen MR) is 80.8 cm³/mol. The van der Waals surface area contributed by atoms with E-state index >= 15 is 0 Å². The predicted octanol–water partition coefficient (Wildman–Crippen LogP) is 1.22. The second-order valence-electron chi connectivity index (χ2n) is 4.99. The number of rotatable bonds is 7. The molecule has 1 aliphatic heterocycles. The maximum atomic E-state index is 12.2. The largest absolute Gasteiger partial charge is 0.351 e. The molecule has 2 rings (SSSR count). The molecule has 1 amide bonds. The van der Waals surface area contributed by atoms with E-state index in [1.165, 1.54) is 11.1 Å². The summed E-state index contributed by atoms with van der Waals surface area (Å²) in [6.45, 7) is 6.06. The van der Waals surface area contributed by atoms with Gasteiger partial charge < -0.3 is 20.1 Å². The Balaban J connectivity index is 1.84. The minimum absolute atomic E-state index is 0.00564. The number of amides is 1. The summed E-state index contributed by atoms with van der Waals surface area (Å²) in [5.41, 5.74) is 2.51. The molecule has 0 saturated carbocycles. The number of carbonyl (C=O) groups excluding carboxylic acids is 1.